The number of aromatic nitrogens is 4. The van der Waals surface area contributed by atoms with Gasteiger partial charge in [-0.1, -0.05) is 29.4 Å². The molecule has 1 aromatic carbocycles. The minimum Gasteiger partial charge on any atom is -0.289 e. The standard InChI is InChI=1S/C14H10ClFN4S/c15-11-2-1-3-12(16)10(11)8-21-14-5-4-13(18-19-14)20-7-6-17-9-20/h1-7,9H,8H2. The van der Waals surface area contributed by atoms with E-state index in [1.807, 2.05) is 12.1 Å². The lowest BCUT2D eigenvalue weighted by atomic mass is 10.2. The highest BCUT2D eigenvalue weighted by atomic mass is 35.5. The zero-order chi connectivity index (χ0) is 14.7. The Balaban J connectivity index is 1.71. The maximum absolute atomic E-state index is 13.7. The van der Waals surface area contributed by atoms with Crippen molar-refractivity contribution < 1.29 is 4.39 Å². The lowest BCUT2D eigenvalue weighted by Gasteiger charge is -2.05. The van der Waals surface area contributed by atoms with E-state index in [9.17, 15) is 4.39 Å². The molecule has 0 aliphatic rings. The molecule has 0 spiro atoms. The highest BCUT2D eigenvalue weighted by molar-refractivity contribution is 7.98. The molecule has 0 unspecified atom stereocenters. The van der Waals surface area contributed by atoms with Crippen molar-refractivity contribution in [1.29, 1.82) is 0 Å². The van der Waals surface area contributed by atoms with Gasteiger partial charge in [-0.15, -0.1) is 10.2 Å². The van der Waals surface area contributed by atoms with Gasteiger partial charge in [-0.3, -0.25) is 4.57 Å². The van der Waals surface area contributed by atoms with E-state index in [0.29, 0.717) is 27.2 Å². The molecule has 3 rings (SSSR count). The first-order valence-corrected chi connectivity index (χ1v) is 7.48. The predicted octanol–water partition coefficient (Wildman–Crippen LogP) is 3.75. The highest BCUT2D eigenvalue weighted by Crippen LogP contribution is 2.27. The van der Waals surface area contributed by atoms with Gasteiger partial charge in [0, 0.05) is 28.7 Å². The van der Waals surface area contributed by atoms with Crippen LogP contribution in [-0.2, 0) is 5.75 Å². The van der Waals surface area contributed by atoms with Crippen molar-refractivity contribution in [3.8, 4) is 5.82 Å². The maximum atomic E-state index is 13.7. The fourth-order valence-corrected chi connectivity index (χ4v) is 2.90. The fourth-order valence-electron chi connectivity index (χ4n) is 1.74. The Hall–Kier alpha value is -1.92. The number of hydrogen-bond acceptors (Lipinski definition) is 4. The molecule has 0 saturated carbocycles. The van der Waals surface area contributed by atoms with Gasteiger partial charge in [-0.05, 0) is 24.3 Å². The van der Waals surface area contributed by atoms with Crippen LogP contribution in [0.1, 0.15) is 5.56 Å². The summed E-state index contributed by atoms with van der Waals surface area (Å²) in [4.78, 5) is 3.95. The summed E-state index contributed by atoms with van der Waals surface area (Å²) in [5, 5.41) is 9.34. The van der Waals surface area contributed by atoms with E-state index in [1.54, 1.807) is 35.4 Å². The molecule has 0 amide bonds. The molecule has 2 aromatic heterocycles. The molecule has 0 aliphatic carbocycles. The van der Waals surface area contributed by atoms with Crippen molar-refractivity contribution in [2.45, 2.75) is 10.8 Å². The Morgan fingerprint density at radius 3 is 2.76 bits per heavy atom. The van der Waals surface area contributed by atoms with Gasteiger partial charge in [0.25, 0.3) is 0 Å². The molecule has 0 radical (unpaired) electrons. The number of halogens is 2. The minimum absolute atomic E-state index is 0.307. The average molecular weight is 321 g/mol. The molecule has 0 saturated heterocycles. The van der Waals surface area contributed by atoms with E-state index in [0.717, 1.165) is 0 Å². The SMILES string of the molecule is Fc1cccc(Cl)c1CSc1ccc(-n2ccnc2)nn1. The second-order valence-electron chi connectivity index (χ2n) is 4.19. The Labute approximate surface area is 130 Å². The highest BCUT2D eigenvalue weighted by Gasteiger charge is 2.08. The molecule has 7 heteroatoms. The van der Waals surface area contributed by atoms with Crippen molar-refractivity contribution in [3.63, 3.8) is 0 Å². The zero-order valence-electron chi connectivity index (χ0n) is 10.8. The van der Waals surface area contributed by atoms with Gasteiger partial charge in [0.15, 0.2) is 5.82 Å². The largest absolute Gasteiger partial charge is 0.289 e. The summed E-state index contributed by atoms with van der Waals surface area (Å²) in [5.41, 5.74) is 0.477. The van der Waals surface area contributed by atoms with Gasteiger partial charge in [-0.25, -0.2) is 9.37 Å². The maximum Gasteiger partial charge on any atom is 0.160 e. The van der Waals surface area contributed by atoms with Crippen LogP contribution < -0.4 is 0 Å². The second-order valence-corrected chi connectivity index (χ2v) is 5.59. The molecule has 0 N–H and O–H groups in total. The van der Waals surface area contributed by atoms with Crippen LogP contribution in [0.4, 0.5) is 4.39 Å². The van der Waals surface area contributed by atoms with Crippen LogP contribution in [0.3, 0.4) is 0 Å². The van der Waals surface area contributed by atoms with Crippen LogP contribution in [0.25, 0.3) is 5.82 Å². The second kappa shape index (κ2) is 6.24. The molecule has 0 bridgehead atoms. The molecule has 106 valence electrons. The van der Waals surface area contributed by atoms with Gasteiger partial charge in [-0.2, -0.15) is 0 Å². The first-order chi connectivity index (χ1) is 10.2. The van der Waals surface area contributed by atoms with E-state index in [2.05, 4.69) is 15.2 Å². The normalized spacial score (nSPS) is 10.8. The van der Waals surface area contributed by atoms with E-state index in [4.69, 9.17) is 11.6 Å². The van der Waals surface area contributed by atoms with Gasteiger partial charge in [0.2, 0.25) is 0 Å². The molecular weight excluding hydrogens is 311 g/mol. The molecule has 0 atom stereocenters. The van der Waals surface area contributed by atoms with Crippen molar-refractivity contribution in [2.24, 2.45) is 0 Å². The third-order valence-corrected chi connectivity index (χ3v) is 4.12. The summed E-state index contributed by atoms with van der Waals surface area (Å²) >= 11 is 7.37. The lowest BCUT2D eigenvalue weighted by molar-refractivity contribution is 0.617. The van der Waals surface area contributed by atoms with Crippen LogP contribution in [0, 0.1) is 5.82 Å². The first kappa shape index (κ1) is 14.0. The number of imidazole rings is 1. The zero-order valence-corrected chi connectivity index (χ0v) is 12.4. The summed E-state index contributed by atoms with van der Waals surface area (Å²) in [6, 6.07) is 8.33. The van der Waals surface area contributed by atoms with Crippen molar-refractivity contribution >= 4 is 23.4 Å². The molecular formula is C14H10ClFN4S. The van der Waals surface area contributed by atoms with E-state index in [-0.39, 0.29) is 5.82 Å². The predicted molar refractivity (Wildman–Crippen MR) is 80.1 cm³/mol. The topological polar surface area (TPSA) is 43.6 Å². The summed E-state index contributed by atoms with van der Waals surface area (Å²) < 4.78 is 15.4. The van der Waals surface area contributed by atoms with Crippen LogP contribution in [0.2, 0.25) is 5.02 Å². The van der Waals surface area contributed by atoms with Crippen molar-refractivity contribution in [2.75, 3.05) is 0 Å². The summed E-state index contributed by atoms with van der Waals surface area (Å²) in [5.74, 6) is 0.781. The number of rotatable bonds is 4. The average Bonchev–Trinajstić information content (AvgIpc) is 3.02. The molecule has 3 aromatic rings. The Morgan fingerprint density at radius 1 is 1.19 bits per heavy atom. The molecule has 0 fully saturated rings. The van der Waals surface area contributed by atoms with Crippen LogP contribution in [0.5, 0.6) is 0 Å². The lowest BCUT2D eigenvalue weighted by Crippen LogP contribution is -1.97. The smallest absolute Gasteiger partial charge is 0.160 e. The quantitative estimate of drug-likeness (QED) is 0.687. The fraction of sp³-hybridized carbons (Fsp3) is 0.0714. The van der Waals surface area contributed by atoms with Crippen LogP contribution in [-0.4, -0.2) is 19.7 Å². The van der Waals surface area contributed by atoms with Crippen molar-refractivity contribution in [3.05, 3.63) is 65.5 Å². The Kier molecular flexibility index (Phi) is 4.17. The van der Waals surface area contributed by atoms with Gasteiger partial charge in [0.1, 0.15) is 17.2 Å². The Bertz CT molecular complexity index is 711. The van der Waals surface area contributed by atoms with E-state index >= 15 is 0 Å². The van der Waals surface area contributed by atoms with Gasteiger partial charge in [0.05, 0.1) is 0 Å². The number of nitrogens with zero attached hydrogens (tertiary/aromatic N) is 4. The van der Waals surface area contributed by atoms with Crippen molar-refractivity contribution in [1.82, 2.24) is 19.7 Å². The molecule has 0 aliphatic heterocycles. The van der Waals surface area contributed by atoms with E-state index in [1.165, 1.54) is 17.8 Å². The van der Waals surface area contributed by atoms with Gasteiger partial charge < -0.3 is 0 Å². The third kappa shape index (κ3) is 3.22. The summed E-state index contributed by atoms with van der Waals surface area (Å²) in [6.07, 6.45) is 5.11. The monoisotopic (exact) mass is 320 g/mol. The first-order valence-electron chi connectivity index (χ1n) is 6.12. The van der Waals surface area contributed by atoms with E-state index < -0.39 is 0 Å². The number of thioether (sulfide) groups is 1. The van der Waals surface area contributed by atoms with Crippen LogP contribution in [0.15, 0.2) is 54.1 Å². The molecule has 4 nitrogen and oxygen atoms in total. The minimum atomic E-state index is -0.307. The summed E-state index contributed by atoms with van der Waals surface area (Å²) in [7, 11) is 0. The van der Waals surface area contributed by atoms with Crippen LogP contribution >= 0.6 is 23.4 Å². The third-order valence-electron chi connectivity index (χ3n) is 2.82. The number of hydrogen-bond donors (Lipinski definition) is 0. The number of benzene rings is 1. The molecule has 21 heavy (non-hydrogen) atoms. The van der Waals surface area contributed by atoms with Gasteiger partial charge >= 0.3 is 0 Å². The summed E-state index contributed by atoms with van der Waals surface area (Å²) in [6.45, 7) is 0. The Morgan fingerprint density at radius 2 is 2.10 bits per heavy atom. The molecule has 2 heterocycles.